The van der Waals surface area contributed by atoms with Crippen molar-refractivity contribution in [2.24, 2.45) is 0 Å². The highest BCUT2D eigenvalue weighted by atomic mass is 32.2. The normalized spacial score (nSPS) is 24.0. The minimum Gasteiger partial charge on any atom is -0.395 e. The summed E-state index contributed by atoms with van der Waals surface area (Å²) in [6.07, 6.45) is 1.75. The molecule has 3 atom stereocenters. The molecule has 0 amide bonds. The maximum atomic E-state index is 13.6. The van der Waals surface area contributed by atoms with Crippen LogP contribution in [0.25, 0.3) is 11.1 Å². The summed E-state index contributed by atoms with van der Waals surface area (Å²) in [6, 6.07) is 26.1. The van der Waals surface area contributed by atoms with Crippen LogP contribution in [0.5, 0.6) is 0 Å². The third-order valence-corrected chi connectivity index (χ3v) is 9.47. The molecule has 2 saturated heterocycles. The third kappa shape index (κ3) is 4.20. The summed E-state index contributed by atoms with van der Waals surface area (Å²) >= 11 is 0. The lowest BCUT2D eigenvalue weighted by Gasteiger charge is -2.57. The smallest absolute Gasteiger partial charge is 0.243 e. The van der Waals surface area contributed by atoms with Crippen LogP contribution in [-0.2, 0) is 10.0 Å². The SMILES string of the molecule is Cc1ccccc1S(=O)(=O)N1CCCCN2C(CO)[C@@H](c3ccc(-c4ccccc4)cc3)[C@@H]2C1. The zero-order valence-corrected chi connectivity index (χ0v) is 20.4. The molecule has 2 fully saturated rings. The largest absolute Gasteiger partial charge is 0.395 e. The minimum absolute atomic E-state index is 0.0219. The molecule has 2 aliphatic rings. The van der Waals surface area contributed by atoms with Crippen molar-refractivity contribution in [3.05, 3.63) is 90.0 Å². The van der Waals surface area contributed by atoms with Crippen molar-refractivity contribution in [2.75, 3.05) is 26.2 Å². The predicted molar refractivity (Wildman–Crippen MR) is 135 cm³/mol. The maximum absolute atomic E-state index is 13.6. The second-order valence-corrected chi connectivity index (χ2v) is 11.3. The summed E-state index contributed by atoms with van der Waals surface area (Å²) in [5.74, 6) is 0.0995. The topological polar surface area (TPSA) is 60.9 Å². The summed E-state index contributed by atoms with van der Waals surface area (Å²) in [5, 5.41) is 10.2. The van der Waals surface area contributed by atoms with Gasteiger partial charge in [0.1, 0.15) is 0 Å². The Hall–Kier alpha value is -2.51. The second kappa shape index (κ2) is 9.62. The van der Waals surface area contributed by atoms with E-state index in [0.29, 0.717) is 18.0 Å². The van der Waals surface area contributed by atoms with Crippen molar-refractivity contribution in [3.63, 3.8) is 0 Å². The van der Waals surface area contributed by atoms with Gasteiger partial charge in [-0.1, -0.05) is 72.8 Å². The van der Waals surface area contributed by atoms with Crippen molar-refractivity contribution in [2.45, 2.75) is 42.7 Å². The van der Waals surface area contributed by atoms with Gasteiger partial charge in [0.15, 0.2) is 0 Å². The number of sulfonamides is 1. The highest BCUT2D eigenvalue weighted by Gasteiger charge is 2.50. The Labute approximate surface area is 202 Å². The molecule has 5 rings (SSSR count). The Balaban J connectivity index is 1.44. The van der Waals surface area contributed by atoms with Crippen LogP contribution in [-0.4, -0.2) is 61.1 Å². The fraction of sp³-hybridized carbons (Fsp3) is 0.357. The molecule has 0 bridgehead atoms. The van der Waals surface area contributed by atoms with Gasteiger partial charge in [0.05, 0.1) is 11.5 Å². The average molecular weight is 477 g/mol. The van der Waals surface area contributed by atoms with Crippen molar-refractivity contribution < 1.29 is 13.5 Å². The molecule has 0 radical (unpaired) electrons. The van der Waals surface area contributed by atoms with Gasteiger partial charge in [-0.15, -0.1) is 0 Å². The van der Waals surface area contributed by atoms with E-state index in [-0.39, 0.29) is 24.6 Å². The van der Waals surface area contributed by atoms with Gasteiger partial charge in [-0.05, 0) is 54.6 Å². The van der Waals surface area contributed by atoms with Crippen LogP contribution >= 0.6 is 0 Å². The lowest BCUT2D eigenvalue weighted by atomic mass is 9.74. The van der Waals surface area contributed by atoms with Crippen LogP contribution in [0, 0.1) is 6.92 Å². The molecule has 2 aliphatic heterocycles. The zero-order valence-electron chi connectivity index (χ0n) is 19.5. The molecule has 178 valence electrons. The van der Waals surface area contributed by atoms with Crippen molar-refractivity contribution >= 4 is 10.0 Å². The molecule has 6 heteroatoms. The fourth-order valence-corrected chi connectivity index (χ4v) is 7.36. The summed E-state index contributed by atoms with van der Waals surface area (Å²) < 4.78 is 28.9. The molecular weight excluding hydrogens is 444 g/mol. The van der Waals surface area contributed by atoms with Gasteiger partial charge in [0.25, 0.3) is 0 Å². The van der Waals surface area contributed by atoms with Crippen molar-refractivity contribution in [1.29, 1.82) is 0 Å². The number of aliphatic hydroxyl groups is 1. The van der Waals surface area contributed by atoms with Crippen LogP contribution < -0.4 is 0 Å². The van der Waals surface area contributed by atoms with Crippen LogP contribution in [0.4, 0.5) is 0 Å². The van der Waals surface area contributed by atoms with E-state index >= 15 is 0 Å². The van der Waals surface area contributed by atoms with Crippen LogP contribution in [0.15, 0.2) is 83.8 Å². The zero-order chi connectivity index (χ0) is 23.7. The Kier molecular flexibility index (Phi) is 6.58. The number of hydrogen-bond donors (Lipinski definition) is 1. The lowest BCUT2D eigenvalue weighted by molar-refractivity contribution is -0.0553. The van der Waals surface area contributed by atoms with E-state index < -0.39 is 10.0 Å². The van der Waals surface area contributed by atoms with Gasteiger partial charge in [-0.2, -0.15) is 4.31 Å². The van der Waals surface area contributed by atoms with Crippen LogP contribution in [0.1, 0.15) is 29.9 Å². The minimum atomic E-state index is -3.58. The summed E-state index contributed by atoms with van der Waals surface area (Å²) in [7, 11) is -3.58. The third-order valence-electron chi connectivity index (χ3n) is 7.45. The molecule has 0 aliphatic carbocycles. The predicted octanol–water partition coefficient (Wildman–Crippen LogP) is 4.28. The molecule has 3 aromatic rings. The van der Waals surface area contributed by atoms with E-state index in [1.54, 1.807) is 16.4 Å². The van der Waals surface area contributed by atoms with E-state index in [1.807, 2.05) is 37.3 Å². The lowest BCUT2D eigenvalue weighted by Crippen LogP contribution is -2.67. The average Bonchev–Trinajstić information content (AvgIpc) is 2.84. The summed E-state index contributed by atoms with van der Waals surface area (Å²) in [5.41, 5.74) is 4.26. The van der Waals surface area contributed by atoms with Gasteiger partial charge >= 0.3 is 0 Å². The van der Waals surface area contributed by atoms with E-state index in [2.05, 4.69) is 41.3 Å². The van der Waals surface area contributed by atoms with Gasteiger partial charge in [0.2, 0.25) is 10.0 Å². The Morgan fingerprint density at radius 1 is 0.853 bits per heavy atom. The Morgan fingerprint density at radius 2 is 1.50 bits per heavy atom. The van der Waals surface area contributed by atoms with E-state index in [0.717, 1.165) is 36.1 Å². The molecular formula is C28H32N2O3S. The van der Waals surface area contributed by atoms with E-state index in [9.17, 15) is 13.5 Å². The molecule has 0 spiro atoms. The van der Waals surface area contributed by atoms with E-state index in [4.69, 9.17) is 0 Å². The van der Waals surface area contributed by atoms with Gasteiger partial charge < -0.3 is 5.11 Å². The molecule has 34 heavy (non-hydrogen) atoms. The molecule has 3 aromatic carbocycles. The van der Waals surface area contributed by atoms with E-state index in [1.165, 1.54) is 5.56 Å². The summed E-state index contributed by atoms with van der Waals surface area (Å²) in [4.78, 5) is 2.71. The fourth-order valence-electron chi connectivity index (χ4n) is 5.64. The Bertz CT molecular complexity index is 1230. The van der Waals surface area contributed by atoms with Crippen molar-refractivity contribution in [1.82, 2.24) is 9.21 Å². The van der Waals surface area contributed by atoms with Crippen LogP contribution in [0.3, 0.4) is 0 Å². The van der Waals surface area contributed by atoms with Gasteiger partial charge in [0, 0.05) is 31.1 Å². The van der Waals surface area contributed by atoms with Crippen LogP contribution in [0.2, 0.25) is 0 Å². The number of rotatable bonds is 5. The molecule has 5 nitrogen and oxygen atoms in total. The first kappa shape index (κ1) is 23.2. The monoisotopic (exact) mass is 476 g/mol. The molecule has 1 N–H and O–H groups in total. The molecule has 0 aromatic heterocycles. The number of benzene rings is 3. The number of aryl methyl sites for hydroxylation is 1. The number of hydrogen-bond acceptors (Lipinski definition) is 4. The standard InChI is InChI=1S/C28H32N2O3S/c1-21-9-5-6-12-27(21)34(32,33)29-17-7-8-18-30-25(19-29)28(26(30)20-31)24-15-13-23(14-16-24)22-10-3-2-4-11-22/h2-6,9-16,25-26,28,31H,7-8,17-20H2,1H3/t25-,26?,28-/m0/s1. The van der Waals surface area contributed by atoms with Gasteiger partial charge in [-0.3, -0.25) is 4.90 Å². The number of aliphatic hydroxyl groups excluding tert-OH is 1. The molecule has 2 heterocycles. The Morgan fingerprint density at radius 3 is 2.21 bits per heavy atom. The quantitative estimate of drug-likeness (QED) is 0.597. The first-order chi connectivity index (χ1) is 16.5. The summed E-state index contributed by atoms with van der Waals surface area (Å²) in [6.45, 7) is 3.80. The van der Waals surface area contributed by atoms with Gasteiger partial charge in [-0.25, -0.2) is 8.42 Å². The molecule has 0 saturated carbocycles. The first-order valence-corrected chi connectivity index (χ1v) is 13.5. The highest BCUT2D eigenvalue weighted by Crippen LogP contribution is 2.43. The second-order valence-electron chi connectivity index (χ2n) is 9.40. The number of nitrogens with zero attached hydrogens (tertiary/aromatic N) is 2. The first-order valence-electron chi connectivity index (χ1n) is 12.1. The highest BCUT2D eigenvalue weighted by molar-refractivity contribution is 7.89. The molecule has 1 unspecified atom stereocenters. The maximum Gasteiger partial charge on any atom is 0.243 e. The van der Waals surface area contributed by atoms with Crippen molar-refractivity contribution in [3.8, 4) is 11.1 Å². The number of fused-ring (bicyclic) bond motifs is 1.